The van der Waals surface area contributed by atoms with E-state index in [2.05, 4.69) is 24.0 Å². The molecule has 0 N–H and O–H groups in total. The Bertz CT molecular complexity index is 1220. The number of amides is 1. The quantitative estimate of drug-likeness (QED) is 0.505. The smallest absolute Gasteiger partial charge is 0.279 e. The van der Waals surface area contributed by atoms with Gasteiger partial charge in [-0.25, -0.2) is 15.0 Å². The standard InChI is InChI=1S/C22H19N5OS/c1-14-7-9-15(10-8-14)21-25-18(13-29-21)22(28)27-12-11-26(2)19-20(27)24-17-6-4-3-5-16(17)23-19/h3-10,13H,11-12H2,1-2H3. The van der Waals surface area contributed by atoms with Gasteiger partial charge in [-0.1, -0.05) is 42.0 Å². The molecule has 4 aromatic rings. The number of thiazole rings is 1. The Balaban J connectivity index is 1.52. The van der Waals surface area contributed by atoms with Crippen molar-refractivity contribution in [1.82, 2.24) is 15.0 Å². The van der Waals surface area contributed by atoms with E-state index in [1.165, 1.54) is 16.9 Å². The topological polar surface area (TPSA) is 62.2 Å². The highest BCUT2D eigenvalue weighted by Gasteiger charge is 2.30. The summed E-state index contributed by atoms with van der Waals surface area (Å²) in [4.78, 5) is 31.1. The molecular formula is C22H19N5OS. The van der Waals surface area contributed by atoms with Gasteiger partial charge in [-0.05, 0) is 19.1 Å². The zero-order valence-corrected chi connectivity index (χ0v) is 17.0. The fourth-order valence-electron chi connectivity index (χ4n) is 3.42. The van der Waals surface area contributed by atoms with E-state index in [-0.39, 0.29) is 5.91 Å². The normalized spacial score (nSPS) is 13.6. The van der Waals surface area contributed by atoms with Crippen molar-refractivity contribution in [1.29, 1.82) is 0 Å². The van der Waals surface area contributed by atoms with Gasteiger partial charge < -0.3 is 4.90 Å². The molecule has 7 heteroatoms. The Morgan fingerprint density at radius 1 is 0.931 bits per heavy atom. The van der Waals surface area contributed by atoms with Crippen LogP contribution >= 0.6 is 11.3 Å². The molecule has 2 aromatic heterocycles. The molecule has 0 saturated heterocycles. The van der Waals surface area contributed by atoms with Crippen molar-refractivity contribution in [3.8, 4) is 10.6 Å². The first-order valence-electron chi connectivity index (χ1n) is 9.42. The first kappa shape index (κ1) is 17.8. The van der Waals surface area contributed by atoms with E-state index in [4.69, 9.17) is 9.97 Å². The molecule has 5 rings (SSSR count). The summed E-state index contributed by atoms with van der Waals surface area (Å²) < 4.78 is 0. The minimum Gasteiger partial charge on any atom is -0.355 e. The molecule has 1 amide bonds. The number of hydrogen-bond acceptors (Lipinski definition) is 6. The summed E-state index contributed by atoms with van der Waals surface area (Å²) in [7, 11) is 1.97. The number of rotatable bonds is 2. The molecule has 0 fully saturated rings. The molecule has 29 heavy (non-hydrogen) atoms. The molecule has 0 radical (unpaired) electrons. The van der Waals surface area contributed by atoms with Crippen LogP contribution in [0.5, 0.6) is 0 Å². The Morgan fingerprint density at radius 3 is 2.34 bits per heavy atom. The molecule has 0 atom stereocenters. The molecule has 2 aromatic carbocycles. The number of aryl methyl sites for hydroxylation is 1. The third-order valence-corrected chi connectivity index (χ3v) is 5.97. The number of carbonyl (C=O) groups is 1. The summed E-state index contributed by atoms with van der Waals surface area (Å²) in [5.41, 5.74) is 4.25. The predicted molar refractivity (Wildman–Crippen MR) is 117 cm³/mol. The fraction of sp³-hybridized carbons (Fsp3) is 0.182. The highest BCUT2D eigenvalue weighted by molar-refractivity contribution is 7.13. The maximum Gasteiger partial charge on any atom is 0.279 e. The number of fused-ring (bicyclic) bond motifs is 2. The minimum atomic E-state index is -0.140. The Hall–Kier alpha value is -3.32. The number of para-hydroxylation sites is 2. The third kappa shape index (κ3) is 3.13. The van der Waals surface area contributed by atoms with Crippen LogP contribution in [0.1, 0.15) is 16.1 Å². The molecule has 0 saturated carbocycles. The van der Waals surface area contributed by atoms with Gasteiger partial charge in [-0.3, -0.25) is 9.69 Å². The maximum atomic E-state index is 13.3. The summed E-state index contributed by atoms with van der Waals surface area (Å²) in [5, 5.41) is 2.66. The highest BCUT2D eigenvalue weighted by atomic mass is 32.1. The van der Waals surface area contributed by atoms with Crippen molar-refractivity contribution in [2.75, 3.05) is 29.9 Å². The lowest BCUT2D eigenvalue weighted by Crippen LogP contribution is -2.44. The monoisotopic (exact) mass is 401 g/mol. The molecular weight excluding hydrogens is 382 g/mol. The van der Waals surface area contributed by atoms with Gasteiger partial charge in [0.2, 0.25) is 0 Å². The van der Waals surface area contributed by atoms with Crippen LogP contribution in [-0.4, -0.2) is 41.0 Å². The lowest BCUT2D eigenvalue weighted by Gasteiger charge is -2.33. The highest BCUT2D eigenvalue weighted by Crippen LogP contribution is 2.32. The zero-order chi connectivity index (χ0) is 20.0. The van der Waals surface area contributed by atoms with E-state index in [1.807, 2.05) is 53.7 Å². The predicted octanol–water partition coefficient (Wildman–Crippen LogP) is 4.16. The van der Waals surface area contributed by atoms with Gasteiger partial charge in [0.25, 0.3) is 5.91 Å². The number of likely N-dealkylation sites (N-methyl/N-ethyl adjacent to an activating group) is 1. The van der Waals surface area contributed by atoms with Crippen LogP contribution in [-0.2, 0) is 0 Å². The molecule has 6 nitrogen and oxygen atoms in total. The average Bonchev–Trinajstić information content (AvgIpc) is 3.23. The summed E-state index contributed by atoms with van der Waals surface area (Å²) in [5.74, 6) is 1.17. The SMILES string of the molecule is Cc1ccc(-c2nc(C(=O)N3CCN(C)c4nc5ccccc5nc43)cs2)cc1. The van der Waals surface area contributed by atoms with Crippen LogP contribution in [0.2, 0.25) is 0 Å². The molecule has 0 spiro atoms. The summed E-state index contributed by atoms with van der Waals surface area (Å²) in [6.07, 6.45) is 0. The molecule has 3 heterocycles. The zero-order valence-electron chi connectivity index (χ0n) is 16.2. The van der Waals surface area contributed by atoms with Crippen LogP contribution in [0, 0.1) is 6.92 Å². The van der Waals surface area contributed by atoms with Crippen molar-refractivity contribution in [2.45, 2.75) is 6.92 Å². The number of anilines is 2. The van der Waals surface area contributed by atoms with Gasteiger partial charge >= 0.3 is 0 Å². The maximum absolute atomic E-state index is 13.3. The Kier molecular flexibility index (Phi) is 4.24. The van der Waals surface area contributed by atoms with E-state index < -0.39 is 0 Å². The molecule has 1 aliphatic rings. The van der Waals surface area contributed by atoms with Crippen molar-refractivity contribution in [3.63, 3.8) is 0 Å². The van der Waals surface area contributed by atoms with E-state index in [1.54, 1.807) is 4.90 Å². The molecule has 0 aliphatic carbocycles. The molecule has 0 unspecified atom stereocenters. The van der Waals surface area contributed by atoms with E-state index in [0.29, 0.717) is 24.6 Å². The third-order valence-electron chi connectivity index (χ3n) is 5.08. The van der Waals surface area contributed by atoms with E-state index >= 15 is 0 Å². The van der Waals surface area contributed by atoms with Crippen LogP contribution in [0.25, 0.3) is 21.6 Å². The van der Waals surface area contributed by atoms with Gasteiger partial charge in [0.15, 0.2) is 11.6 Å². The van der Waals surface area contributed by atoms with Crippen LogP contribution in [0.3, 0.4) is 0 Å². The van der Waals surface area contributed by atoms with Crippen LogP contribution < -0.4 is 9.80 Å². The van der Waals surface area contributed by atoms with Crippen molar-refractivity contribution in [3.05, 3.63) is 65.2 Å². The number of nitrogens with zero attached hydrogens (tertiary/aromatic N) is 5. The van der Waals surface area contributed by atoms with E-state index in [0.717, 1.165) is 27.4 Å². The van der Waals surface area contributed by atoms with Crippen molar-refractivity contribution < 1.29 is 4.79 Å². The second-order valence-corrected chi connectivity index (χ2v) is 8.00. The van der Waals surface area contributed by atoms with Crippen LogP contribution in [0.15, 0.2) is 53.9 Å². The Labute approximate surface area is 172 Å². The van der Waals surface area contributed by atoms with Gasteiger partial charge in [0.05, 0.1) is 11.0 Å². The first-order chi connectivity index (χ1) is 14.1. The minimum absolute atomic E-state index is 0.140. The molecule has 0 bridgehead atoms. The summed E-state index contributed by atoms with van der Waals surface area (Å²) >= 11 is 1.48. The fourth-order valence-corrected chi connectivity index (χ4v) is 4.22. The van der Waals surface area contributed by atoms with Gasteiger partial charge in [-0.2, -0.15) is 0 Å². The van der Waals surface area contributed by atoms with Gasteiger partial charge in [-0.15, -0.1) is 11.3 Å². The first-order valence-corrected chi connectivity index (χ1v) is 10.3. The van der Waals surface area contributed by atoms with E-state index in [9.17, 15) is 4.79 Å². The lowest BCUT2D eigenvalue weighted by atomic mass is 10.2. The second-order valence-electron chi connectivity index (χ2n) is 7.14. The second kappa shape index (κ2) is 6.93. The summed E-state index contributed by atoms with van der Waals surface area (Å²) in [6.45, 7) is 3.30. The van der Waals surface area contributed by atoms with Crippen LogP contribution in [0.4, 0.5) is 11.6 Å². The summed E-state index contributed by atoms with van der Waals surface area (Å²) in [6, 6.07) is 15.9. The van der Waals surface area contributed by atoms with Crippen molar-refractivity contribution in [2.24, 2.45) is 0 Å². The Morgan fingerprint density at radius 2 is 1.62 bits per heavy atom. The van der Waals surface area contributed by atoms with Gasteiger partial charge in [0.1, 0.15) is 10.7 Å². The number of hydrogen-bond donors (Lipinski definition) is 0. The van der Waals surface area contributed by atoms with Crippen molar-refractivity contribution >= 4 is 39.9 Å². The van der Waals surface area contributed by atoms with Gasteiger partial charge in [0, 0.05) is 31.1 Å². The number of aromatic nitrogens is 3. The average molecular weight is 401 g/mol. The largest absolute Gasteiger partial charge is 0.355 e. The number of benzene rings is 2. The molecule has 144 valence electrons. The number of carbonyl (C=O) groups excluding carboxylic acids is 1. The molecule has 1 aliphatic heterocycles. The lowest BCUT2D eigenvalue weighted by molar-refractivity contribution is 0.0982.